The van der Waals surface area contributed by atoms with Crippen molar-refractivity contribution < 1.29 is 8.42 Å². The van der Waals surface area contributed by atoms with Crippen LogP contribution in [0, 0.1) is 33.6 Å². The van der Waals surface area contributed by atoms with Gasteiger partial charge in [-0.25, -0.2) is 8.42 Å². The largest absolute Gasteiger partial charge is 0.319 e. The number of aryl methyl sites for hydroxylation is 2. The molecular weight excluding hydrogens is 332 g/mol. The second-order valence-electron chi connectivity index (χ2n) is 6.49. The van der Waals surface area contributed by atoms with Crippen molar-refractivity contribution in [3.63, 3.8) is 0 Å². The molecule has 1 aromatic carbocycles. The maximum absolute atomic E-state index is 13.1. The minimum absolute atomic E-state index is 0. The van der Waals surface area contributed by atoms with Crippen LogP contribution >= 0.6 is 12.4 Å². The molecule has 1 aliphatic heterocycles. The van der Waals surface area contributed by atoms with E-state index in [1.54, 1.807) is 4.31 Å². The highest BCUT2D eigenvalue weighted by atomic mass is 35.5. The second-order valence-corrected chi connectivity index (χ2v) is 8.37. The summed E-state index contributed by atoms with van der Waals surface area (Å²) in [6.07, 6.45) is 1.87. The average Bonchev–Trinajstić information content (AvgIpc) is 2.46. The van der Waals surface area contributed by atoms with Gasteiger partial charge in [0.2, 0.25) is 10.0 Å². The van der Waals surface area contributed by atoms with Gasteiger partial charge in [0.25, 0.3) is 0 Å². The third kappa shape index (κ3) is 4.08. The lowest BCUT2D eigenvalue weighted by molar-refractivity contribution is 0.270. The van der Waals surface area contributed by atoms with Gasteiger partial charge < -0.3 is 5.32 Å². The molecule has 0 amide bonds. The van der Waals surface area contributed by atoms with Gasteiger partial charge in [-0.15, -0.1) is 12.4 Å². The predicted molar refractivity (Wildman–Crippen MR) is 98.0 cm³/mol. The van der Waals surface area contributed by atoms with Gasteiger partial charge in [-0.05, 0) is 82.3 Å². The van der Waals surface area contributed by atoms with Gasteiger partial charge in [-0.1, -0.05) is 6.07 Å². The third-order valence-electron chi connectivity index (χ3n) is 4.96. The summed E-state index contributed by atoms with van der Waals surface area (Å²) in [6, 6.07) is 2.07. The van der Waals surface area contributed by atoms with Crippen molar-refractivity contribution in [3.05, 3.63) is 28.3 Å². The molecule has 1 heterocycles. The topological polar surface area (TPSA) is 49.4 Å². The van der Waals surface area contributed by atoms with E-state index < -0.39 is 10.0 Å². The maximum Gasteiger partial charge on any atom is 0.243 e. The summed E-state index contributed by atoms with van der Waals surface area (Å²) in [5.74, 6) is 0.581. The number of piperidine rings is 1. The molecule has 23 heavy (non-hydrogen) atoms. The molecule has 0 saturated carbocycles. The van der Waals surface area contributed by atoms with Crippen LogP contribution in [-0.2, 0) is 10.0 Å². The zero-order valence-electron chi connectivity index (χ0n) is 14.8. The first-order chi connectivity index (χ1) is 10.3. The SMILES string of the molecule is CNCC1CCN(S(=O)(=O)c2c(C)c(C)cc(C)c2C)CC1.Cl. The Balaban J connectivity index is 0.00000264. The van der Waals surface area contributed by atoms with Crippen LogP contribution in [0.3, 0.4) is 0 Å². The number of hydrogen-bond acceptors (Lipinski definition) is 3. The highest BCUT2D eigenvalue weighted by Gasteiger charge is 2.32. The summed E-state index contributed by atoms with van der Waals surface area (Å²) in [5, 5.41) is 3.19. The van der Waals surface area contributed by atoms with Crippen molar-refractivity contribution in [3.8, 4) is 0 Å². The van der Waals surface area contributed by atoms with E-state index in [4.69, 9.17) is 0 Å². The number of rotatable bonds is 4. The smallest absolute Gasteiger partial charge is 0.243 e. The van der Waals surface area contributed by atoms with Crippen molar-refractivity contribution in [1.82, 2.24) is 9.62 Å². The van der Waals surface area contributed by atoms with E-state index in [1.807, 2.05) is 34.7 Å². The molecule has 0 aromatic heterocycles. The van der Waals surface area contributed by atoms with Crippen molar-refractivity contribution >= 4 is 22.4 Å². The second kappa shape index (κ2) is 7.97. The van der Waals surface area contributed by atoms with Crippen LogP contribution in [0.25, 0.3) is 0 Å². The summed E-state index contributed by atoms with van der Waals surface area (Å²) in [7, 11) is -1.44. The van der Waals surface area contributed by atoms with E-state index in [1.165, 1.54) is 0 Å². The molecule has 0 unspecified atom stereocenters. The van der Waals surface area contributed by atoms with Gasteiger partial charge in [-0.2, -0.15) is 4.31 Å². The molecule has 0 spiro atoms. The maximum atomic E-state index is 13.1. The van der Waals surface area contributed by atoms with Gasteiger partial charge in [0, 0.05) is 13.1 Å². The Bertz CT molecular complexity index is 625. The molecule has 6 heteroatoms. The molecule has 1 aromatic rings. The van der Waals surface area contributed by atoms with Gasteiger partial charge in [0.15, 0.2) is 0 Å². The fourth-order valence-electron chi connectivity index (χ4n) is 3.34. The number of halogens is 1. The monoisotopic (exact) mass is 360 g/mol. The van der Waals surface area contributed by atoms with Crippen molar-refractivity contribution in [2.24, 2.45) is 5.92 Å². The highest BCUT2D eigenvalue weighted by molar-refractivity contribution is 7.89. The fourth-order valence-corrected chi connectivity index (χ4v) is 5.38. The Hall–Kier alpha value is -0.620. The average molecular weight is 361 g/mol. The molecule has 1 fully saturated rings. The van der Waals surface area contributed by atoms with E-state index in [-0.39, 0.29) is 12.4 Å². The van der Waals surface area contributed by atoms with Crippen LogP contribution < -0.4 is 5.32 Å². The van der Waals surface area contributed by atoms with E-state index in [0.29, 0.717) is 23.9 Å². The highest BCUT2D eigenvalue weighted by Crippen LogP contribution is 2.30. The Morgan fingerprint density at radius 3 is 2.00 bits per heavy atom. The van der Waals surface area contributed by atoms with Crippen LogP contribution in [0.4, 0.5) is 0 Å². The lowest BCUT2D eigenvalue weighted by Gasteiger charge is -2.32. The van der Waals surface area contributed by atoms with Gasteiger partial charge >= 0.3 is 0 Å². The van der Waals surface area contributed by atoms with Crippen LogP contribution in [0.2, 0.25) is 0 Å². The van der Waals surface area contributed by atoms with Crippen molar-refractivity contribution in [1.29, 1.82) is 0 Å². The summed E-state index contributed by atoms with van der Waals surface area (Å²) >= 11 is 0. The zero-order chi connectivity index (χ0) is 16.5. The first kappa shape index (κ1) is 20.4. The molecule has 132 valence electrons. The van der Waals surface area contributed by atoms with Crippen LogP contribution in [0.5, 0.6) is 0 Å². The van der Waals surface area contributed by atoms with Crippen molar-refractivity contribution in [2.45, 2.75) is 45.4 Å². The molecule has 1 saturated heterocycles. The third-order valence-corrected chi connectivity index (χ3v) is 7.13. The number of benzene rings is 1. The fraction of sp³-hybridized carbons (Fsp3) is 0.647. The molecule has 0 bridgehead atoms. The van der Waals surface area contributed by atoms with E-state index in [9.17, 15) is 8.42 Å². The molecule has 0 aliphatic carbocycles. The Morgan fingerprint density at radius 1 is 1.09 bits per heavy atom. The zero-order valence-corrected chi connectivity index (χ0v) is 16.4. The van der Waals surface area contributed by atoms with E-state index >= 15 is 0 Å². The predicted octanol–water partition coefficient (Wildman–Crippen LogP) is 2.96. The van der Waals surface area contributed by atoms with Gasteiger partial charge in [0.1, 0.15) is 0 Å². The summed E-state index contributed by atoms with van der Waals surface area (Å²) < 4.78 is 27.9. The van der Waals surface area contributed by atoms with Crippen LogP contribution in [0.1, 0.15) is 35.1 Å². The van der Waals surface area contributed by atoms with Crippen LogP contribution in [-0.4, -0.2) is 39.4 Å². The number of nitrogens with zero attached hydrogens (tertiary/aromatic N) is 1. The summed E-state index contributed by atoms with van der Waals surface area (Å²) in [4.78, 5) is 0.525. The standard InChI is InChI=1S/C17H28N2O2S.ClH/c1-12-10-13(2)15(4)17(14(12)3)22(20,21)19-8-6-16(7-9-19)11-18-5;/h10,16,18H,6-9,11H2,1-5H3;1H. The minimum Gasteiger partial charge on any atom is -0.319 e. The first-order valence-electron chi connectivity index (χ1n) is 8.01. The van der Waals surface area contributed by atoms with E-state index in [2.05, 4.69) is 11.4 Å². The molecule has 2 rings (SSSR count). The Kier molecular flexibility index (Phi) is 7.08. The quantitative estimate of drug-likeness (QED) is 0.898. The number of hydrogen-bond donors (Lipinski definition) is 1. The summed E-state index contributed by atoms with van der Waals surface area (Å²) in [6.45, 7) is 10.0. The molecule has 0 atom stereocenters. The van der Waals surface area contributed by atoms with Gasteiger partial charge in [-0.3, -0.25) is 0 Å². The van der Waals surface area contributed by atoms with Gasteiger partial charge in [0.05, 0.1) is 4.90 Å². The first-order valence-corrected chi connectivity index (χ1v) is 9.45. The lowest BCUT2D eigenvalue weighted by atomic mass is 9.98. The Labute approximate surface area is 147 Å². The molecule has 1 N–H and O–H groups in total. The molecular formula is C17H29ClN2O2S. The van der Waals surface area contributed by atoms with Crippen molar-refractivity contribution in [2.75, 3.05) is 26.7 Å². The Morgan fingerprint density at radius 2 is 1.57 bits per heavy atom. The molecule has 1 aliphatic rings. The minimum atomic E-state index is -3.39. The van der Waals surface area contributed by atoms with E-state index in [0.717, 1.165) is 41.6 Å². The summed E-state index contributed by atoms with van der Waals surface area (Å²) in [5.41, 5.74) is 3.87. The molecule has 0 radical (unpaired) electrons. The normalized spacial score (nSPS) is 17.1. The number of nitrogens with one attached hydrogen (secondary N) is 1. The van der Waals surface area contributed by atoms with Crippen LogP contribution in [0.15, 0.2) is 11.0 Å². The molecule has 4 nitrogen and oxygen atoms in total. The lowest BCUT2D eigenvalue weighted by Crippen LogP contribution is -2.40. The number of sulfonamides is 1.